The van der Waals surface area contributed by atoms with Crippen molar-refractivity contribution in [3.05, 3.63) is 35.4 Å². The lowest BCUT2D eigenvalue weighted by atomic mass is 10.1. The van der Waals surface area contributed by atoms with Crippen LogP contribution < -0.4 is 11.1 Å². The van der Waals surface area contributed by atoms with E-state index in [-0.39, 0.29) is 5.91 Å². The van der Waals surface area contributed by atoms with Crippen LogP contribution in [0.25, 0.3) is 0 Å². The average Bonchev–Trinajstić information content (AvgIpc) is 2.86. The lowest BCUT2D eigenvalue weighted by Crippen LogP contribution is -2.28. The topological polar surface area (TPSA) is 55.1 Å². The van der Waals surface area contributed by atoms with Crippen molar-refractivity contribution in [3.8, 4) is 0 Å². The Bertz CT molecular complexity index is 444. The van der Waals surface area contributed by atoms with Crippen LogP contribution in [-0.4, -0.2) is 18.5 Å². The minimum absolute atomic E-state index is 0.160. The molecule has 17 heavy (non-hydrogen) atoms. The average molecular weight is 230 g/mol. The van der Waals surface area contributed by atoms with Gasteiger partial charge in [-0.1, -0.05) is 24.3 Å². The summed E-state index contributed by atoms with van der Waals surface area (Å²) in [6.07, 6.45) is 2.47. The van der Waals surface area contributed by atoms with Crippen LogP contribution in [0.2, 0.25) is 0 Å². The second-order valence-corrected chi connectivity index (χ2v) is 5.08. The summed E-state index contributed by atoms with van der Waals surface area (Å²) in [7, 11) is 0. The van der Waals surface area contributed by atoms with Crippen LogP contribution in [0.5, 0.6) is 0 Å². The molecular weight excluding hydrogens is 212 g/mol. The number of rotatable bonds is 4. The van der Waals surface area contributed by atoms with E-state index in [0.29, 0.717) is 30.8 Å². The van der Waals surface area contributed by atoms with Crippen LogP contribution in [-0.2, 0) is 11.2 Å². The summed E-state index contributed by atoms with van der Waals surface area (Å²) < 4.78 is 0. The Labute approximate surface area is 101 Å². The van der Waals surface area contributed by atoms with Crippen molar-refractivity contribution < 1.29 is 4.79 Å². The number of carbonyl (C=O) groups excluding carboxylic acids is 1. The first kappa shape index (κ1) is 10.8. The molecule has 0 spiro atoms. The van der Waals surface area contributed by atoms with Crippen LogP contribution in [0.3, 0.4) is 0 Å². The highest BCUT2D eigenvalue weighted by Gasteiger charge is 2.55. The van der Waals surface area contributed by atoms with Crippen LogP contribution in [0, 0.1) is 5.92 Å². The van der Waals surface area contributed by atoms with E-state index in [9.17, 15) is 4.79 Å². The molecule has 90 valence electrons. The monoisotopic (exact) mass is 230 g/mol. The van der Waals surface area contributed by atoms with E-state index < -0.39 is 0 Å². The molecule has 1 aromatic carbocycles. The van der Waals surface area contributed by atoms with Gasteiger partial charge in [-0.05, 0) is 36.4 Å². The summed E-state index contributed by atoms with van der Waals surface area (Å²) in [5, 5.41) is 3.14. The van der Waals surface area contributed by atoms with Gasteiger partial charge in [0.25, 0.3) is 0 Å². The zero-order chi connectivity index (χ0) is 11.8. The largest absolute Gasteiger partial charge is 0.352 e. The molecule has 0 bridgehead atoms. The summed E-state index contributed by atoms with van der Waals surface area (Å²) >= 11 is 0. The number of amides is 1. The fourth-order valence-corrected chi connectivity index (χ4v) is 3.07. The SMILES string of the molecule is NCCCC(=O)NC1C2Cc3ccccc3C21. The summed E-state index contributed by atoms with van der Waals surface area (Å²) in [4.78, 5) is 11.6. The van der Waals surface area contributed by atoms with Gasteiger partial charge in [0.05, 0.1) is 0 Å². The number of nitrogens with two attached hydrogens (primary N) is 1. The third kappa shape index (κ3) is 1.84. The lowest BCUT2D eigenvalue weighted by molar-refractivity contribution is -0.121. The van der Waals surface area contributed by atoms with Crippen molar-refractivity contribution in [2.75, 3.05) is 6.54 Å². The first-order valence-corrected chi connectivity index (χ1v) is 6.38. The van der Waals surface area contributed by atoms with Gasteiger partial charge >= 0.3 is 0 Å². The van der Waals surface area contributed by atoms with Gasteiger partial charge in [0.2, 0.25) is 5.91 Å². The van der Waals surface area contributed by atoms with E-state index >= 15 is 0 Å². The fraction of sp³-hybridized carbons (Fsp3) is 0.500. The normalized spacial score (nSPS) is 28.4. The van der Waals surface area contributed by atoms with Crippen molar-refractivity contribution in [2.24, 2.45) is 11.7 Å². The molecule has 0 heterocycles. The Morgan fingerprint density at radius 1 is 1.41 bits per heavy atom. The molecule has 0 aromatic heterocycles. The van der Waals surface area contributed by atoms with Crippen molar-refractivity contribution in [1.82, 2.24) is 5.32 Å². The van der Waals surface area contributed by atoms with Crippen LogP contribution in [0.15, 0.2) is 24.3 Å². The van der Waals surface area contributed by atoms with Gasteiger partial charge in [-0.25, -0.2) is 0 Å². The van der Waals surface area contributed by atoms with Crippen molar-refractivity contribution in [1.29, 1.82) is 0 Å². The van der Waals surface area contributed by atoms with Crippen LogP contribution in [0.1, 0.15) is 29.9 Å². The molecule has 2 aliphatic carbocycles. The maximum atomic E-state index is 11.6. The van der Waals surface area contributed by atoms with Crippen molar-refractivity contribution >= 4 is 5.91 Å². The third-order valence-corrected chi connectivity index (χ3v) is 3.97. The molecule has 3 unspecified atom stereocenters. The minimum atomic E-state index is 0.160. The summed E-state index contributed by atoms with van der Waals surface area (Å²) in [5.41, 5.74) is 8.31. The first-order valence-electron chi connectivity index (χ1n) is 6.38. The van der Waals surface area contributed by atoms with Crippen LogP contribution >= 0.6 is 0 Å². The summed E-state index contributed by atoms with van der Waals surface area (Å²) in [5.74, 6) is 1.38. The fourth-order valence-electron chi connectivity index (χ4n) is 3.07. The number of fused-ring (bicyclic) bond motifs is 3. The molecule has 3 N–H and O–H groups in total. The predicted octanol–water partition coefficient (Wildman–Crippen LogP) is 1.18. The summed E-state index contributed by atoms with van der Waals surface area (Å²) in [6.45, 7) is 0.591. The number of hydrogen-bond acceptors (Lipinski definition) is 2. The number of carbonyl (C=O) groups is 1. The maximum Gasteiger partial charge on any atom is 0.220 e. The second kappa shape index (κ2) is 4.15. The molecule has 2 aliphatic rings. The molecule has 1 aromatic rings. The Hall–Kier alpha value is -1.35. The Morgan fingerprint density at radius 2 is 2.24 bits per heavy atom. The molecule has 1 fully saturated rings. The van der Waals surface area contributed by atoms with Crippen molar-refractivity contribution in [2.45, 2.75) is 31.2 Å². The van der Waals surface area contributed by atoms with E-state index in [1.54, 1.807) is 0 Å². The number of hydrogen-bond donors (Lipinski definition) is 2. The molecular formula is C14H18N2O. The van der Waals surface area contributed by atoms with E-state index in [2.05, 4.69) is 29.6 Å². The number of nitrogens with one attached hydrogen (secondary N) is 1. The van der Waals surface area contributed by atoms with Gasteiger partial charge in [0.1, 0.15) is 0 Å². The van der Waals surface area contributed by atoms with Gasteiger partial charge in [-0.2, -0.15) is 0 Å². The first-order chi connectivity index (χ1) is 8.31. The smallest absolute Gasteiger partial charge is 0.220 e. The van der Waals surface area contributed by atoms with Crippen molar-refractivity contribution in [3.63, 3.8) is 0 Å². The highest BCUT2D eigenvalue weighted by molar-refractivity contribution is 5.77. The quantitative estimate of drug-likeness (QED) is 0.816. The van der Waals surface area contributed by atoms with E-state index in [1.807, 2.05) is 0 Å². The molecule has 0 aliphatic heterocycles. The molecule has 1 amide bonds. The highest BCUT2D eigenvalue weighted by Crippen LogP contribution is 2.56. The molecule has 0 saturated heterocycles. The molecule has 3 nitrogen and oxygen atoms in total. The Morgan fingerprint density at radius 3 is 3.06 bits per heavy atom. The second-order valence-electron chi connectivity index (χ2n) is 5.08. The van der Waals surface area contributed by atoms with Gasteiger partial charge in [-0.15, -0.1) is 0 Å². The van der Waals surface area contributed by atoms with E-state index in [0.717, 1.165) is 12.8 Å². The highest BCUT2D eigenvalue weighted by atomic mass is 16.1. The zero-order valence-electron chi connectivity index (χ0n) is 9.86. The minimum Gasteiger partial charge on any atom is -0.352 e. The molecule has 3 atom stereocenters. The molecule has 3 rings (SSSR count). The summed E-state index contributed by atoms with van der Waals surface area (Å²) in [6, 6.07) is 8.97. The molecule has 1 saturated carbocycles. The van der Waals surface area contributed by atoms with E-state index in [4.69, 9.17) is 5.73 Å². The lowest BCUT2D eigenvalue weighted by Gasteiger charge is -2.09. The zero-order valence-corrected chi connectivity index (χ0v) is 9.86. The van der Waals surface area contributed by atoms with Gasteiger partial charge < -0.3 is 11.1 Å². The van der Waals surface area contributed by atoms with Gasteiger partial charge in [-0.3, -0.25) is 4.79 Å². The maximum absolute atomic E-state index is 11.6. The molecule has 0 radical (unpaired) electrons. The predicted molar refractivity (Wildman–Crippen MR) is 66.6 cm³/mol. The third-order valence-electron chi connectivity index (χ3n) is 3.97. The molecule has 3 heteroatoms. The van der Waals surface area contributed by atoms with Gasteiger partial charge in [0, 0.05) is 18.4 Å². The van der Waals surface area contributed by atoms with Gasteiger partial charge in [0.15, 0.2) is 0 Å². The van der Waals surface area contributed by atoms with Crippen LogP contribution in [0.4, 0.5) is 0 Å². The number of benzene rings is 1. The standard InChI is InChI=1S/C14H18N2O/c15-7-3-6-12(17)16-14-11-8-9-4-1-2-5-10(9)13(11)14/h1-2,4-5,11,13-14H,3,6-8,15H2,(H,16,17). The van der Waals surface area contributed by atoms with E-state index in [1.165, 1.54) is 11.1 Å². The Balaban J connectivity index is 1.60. The Kier molecular flexibility index (Phi) is 2.63.